The van der Waals surface area contributed by atoms with Crippen LogP contribution in [0.15, 0.2) is 0 Å². The smallest absolute Gasteiger partial charge is 0.332 e. The average Bonchev–Trinajstić information content (AvgIpc) is 1.89. The maximum atomic E-state index is 9.45. The SMILES string of the molecule is C[C@@H](O)C(=O)O.[2H]CC=O. The molecule has 54 valence electrons. The van der Waals surface area contributed by atoms with Gasteiger partial charge in [-0.05, 0) is 13.8 Å². The number of carboxylic acids is 1. The predicted molar refractivity (Wildman–Crippen MR) is 31.1 cm³/mol. The van der Waals surface area contributed by atoms with Crippen LogP contribution in [-0.4, -0.2) is 28.6 Å². The van der Waals surface area contributed by atoms with Crippen molar-refractivity contribution in [3.05, 3.63) is 0 Å². The van der Waals surface area contributed by atoms with Crippen LogP contribution in [0.1, 0.15) is 15.2 Å². The minimum atomic E-state index is -1.23. The number of hydrogen-bond acceptors (Lipinski definition) is 3. The molecule has 0 amide bonds. The Bertz CT molecular complexity index is 102. The molecular weight excluding hydrogens is 124 g/mol. The first-order valence-electron chi connectivity index (χ1n) is 2.90. The fourth-order valence-electron chi connectivity index (χ4n) is 0. The summed E-state index contributed by atoms with van der Waals surface area (Å²) in [5.74, 6) is -1.19. The molecule has 0 saturated carbocycles. The molecule has 0 aromatic heterocycles. The first kappa shape index (κ1) is 8.10. The monoisotopic (exact) mass is 135 g/mol. The summed E-state index contributed by atoms with van der Waals surface area (Å²) in [5, 5.41) is 15.8. The van der Waals surface area contributed by atoms with Crippen LogP contribution < -0.4 is 0 Å². The van der Waals surface area contributed by atoms with E-state index in [4.69, 9.17) is 16.4 Å². The summed E-state index contributed by atoms with van der Waals surface area (Å²) in [7, 11) is 0. The van der Waals surface area contributed by atoms with Gasteiger partial charge in [-0.2, -0.15) is 0 Å². The maximum Gasteiger partial charge on any atom is 0.332 e. The molecule has 0 aromatic carbocycles. The fourth-order valence-corrected chi connectivity index (χ4v) is 0. The van der Waals surface area contributed by atoms with E-state index in [1.54, 1.807) is 0 Å². The second-order valence-corrected chi connectivity index (χ2v) is 1.18. The van der Waals surface area contributed by atoms with E-state index in [1.807, 2.05) is 0 Å². The molecular formula is C5H10O4. The number of rotatable bonds is 1. The molecule has 1 atom stereocenters. The van der Waals surface area contributed by atoms with Crippen molar-refractivity contribution < 1.29 is 21.2 Å². The van der Waals surface area contributed by atoms with Gasteiger partial charge in [0.2, 0.25) is 0 Å². The van der Waals surface area contributed by atoms with Gasteiger partial charge in [0.05, 0.1) is 0 Å². The zero-order valence-corrected chi connectivity index (χ0v) is 5.07. The molecule has 0 aromatic rings. The number of hydrogen-bond donors (Lipinski definition) is 2. The van der Waals surface area contributed by atoms with Crippen LogP contribution in [0.2, 0.25) is 0 Å². The Balaban J connectivity index is 0. The largest absolute Gasteiger partial charge is 0.479 e. The van der Waals surface area contributed by atoms with Crippen molar-refractivity contribution in [2.75, 3.05) is 0 Å². The Morgan fingerprint density at radius 3 is 2.11 bits per heavy atom. The number of carboxylic acid groups (broad SMARTS) is 1. The van der Waals surface area contributed by atoms with Crippen molar-refractivity contribution in [3.63, 3.8) is 0 Å². The first-order chi connectivity index (χ1) is 4.56. The molecule has 0 saturated heterocycles. The van der Waals surface area contributed by atoms with Crippen LogP contribution in [0, 0.1) is 0 Å². The molecule has 0 radical (unpaired) electrons. The minimum absolute atomic E-state index is 0.111. The molecule has 0 unspecified atom stereocenters. The van der Waals surface area contributed by atoms with E-state index in [-0.39, 0.29) is 6.90 Å². The van der Waals surface area contributed by atoms with Crippen LogP contribution in [-0.2, 0) is 9.59 Å². The van der Waals surface area contributed by atoms with Crippen LogP contribution in [0.25, 0.3) is 0 Å². The fraction of sp³-hybridized carbons (Fsp3) is 0.600. The van der Waals surface area contributed by atoms with Gasteiger partial charge in [0.25, 0.3) is 0 Å². The lowest BCUT2D eigenvalue weighted by Crippen LogP contribution is -2.13. The third-order valence-electron chi connectivity index (χ3n) is 0.357. The molecule has 0 spiro atoms. The minimum Gasteiger partial charge on any atom is -0.479 e. The lowest BCUT2D eigenvalue weighted by atomic mass is 10.4. The molecule has 0 bridgehead atoms. The summed E-state index contributed by atoms with van der Waals surface area (Å²) in [6, 6.07) is 0. The van der Waals surface area contributed by atoms with E-state index < -0.39 is 12.1 Å². The Morgan fingerprint density at radius 1 is 1.89 bits per heavy atom. The summed E-state index contributed by atoms with van der Waals surface area (Å²) in [5.41, 5.74) is 0. The average molecular weight is 135 g/mol. The quantitative estimate of drug-likeness (QED) is 0.482. The molecule has 0 fully saturated rings. The van der Waals surface area contributed by atoms with E-state index in [0.29, 0.717) is 6.29 Å². The Labute approximate surface area is 54.5 Å². The summed E-state index contributed by atoms with van der Waals surface area (Å²) in [6.07, 6.45) is -0.690. The topological polar surface area (TPSA) is 74.6 Å². The van der Waals surface area contributed by atoms with Gasteiger partial charge in [-0.1, -0.05) is 0 Å². The summed E-state index contributed by atoms with van der Waals surface area (Å²) < 4.78 is 6.08. The van der Waals surface area contributed by atoms with Gasteiger partial charge in [-0.3, -0.25) is 0 Å². The number of aliphatic carboxylic acids is 1. The third kappa shape index (κ3) is 19.2. The number of carbonyl (C=O) groups is 2. The maximum absolute atomic E-state index is 9.45. The zero-order valence-electron chi connectivity index (χ0n) is 6.07. The highest BCUT2D eigenvalue weighted by atomic mass is 16.4. The van der Waals surface area contributed by atoms with E-state index >= 15 is 0 Å². The molecule has 0 heterocycles. The van der Waals surface area contributed by atoms with Crippen molar-refractivity contribution in [2.24, 2.45) is 0 Å². The van der Waals surface area contributed by atoms with E-state index in [2.05, 4.69) is 0 Å². The number of aldehydes is 1. The highest BCUT2D eigenvalue weighted by Crippen LogP contribution is 1.73. The normalized spacial score (nSPS) is 12.0. The molecule has 9 heavy (non-hydrogen) atoms. The second kappa shape index (κ2) is 7.10. The number of aliphatic hydroxyl groups excluding tert-OH is 1. The van der Waals surface area contributed by atoms with Crippen molar-refractivity contribution in [2.45, 2.75) is 19.9 Å². The Kier molecular flexibility index (Phi) is 6.39. The number of aliphatic hydroxyl groups is 1. The molecule has 2 N–H and O–H groups in total. The summed E-state index contributed by atoms with van der Waals surface area (Å²) in [4.78, 5) is 18.4. The van der Waals surface area contributed by atoms with E-state index in [1.165, 1.54) is 6.92 Å². The van der Waals surface area contributed by atoms with E-state index in [9.17, 15) is 4.79 Å². The molecule has 4 heteroatoms. The van der Waals surface area contributed by atoms with E-state index in [0.717, 1.165) is 0 Å². The van der Waals surface area contributed by atoms with Gasteiger partial charge in [0.1, 0.15) is 12.4 Å². The van der Waals surface area contributed by atoms with Gasteiger partial charge < -0.3 is 15.0 Å². The standard InChI is InChI=1S/C3H6O3.C2H4O/c1-2(4)3(5)6;1-2-3/h2,4H,1H3,(H,5,6);2H,1H3/t2-;/m1./s1/i;1D. The van der Waals surface area contributed by atoms with Crippen LogP contribution in [0.5, 0.6) is 0 Å². The highest BCUT2D eigenvalue weighted by Gasteiger charge is 2.01. The molecule has 0 aliphatic heterocycles. The number of carbonyl (C=O) groups excluding carboxylic acids is 1. The lowest BCUT2D eigenvalue weighted by molar-refractivity contribution is -0.145. The Hall–Kier alpha value is -0.900. The zero-order chi connectivity index (χ0) is 8.57. The lowest BCUT2D eigenvalue weighted by Gasteiger charge is -1.89. The van der Waals surface area contributed by atoms with Crippen LogP contribution in [0.3, 0.4) is 0 Å². The third-order valence-corrected chi connectivity index (χ3v) is 0.357. The highest BCUT2D eigenvalue weighted by molar-refractivity contribution is 5.71. The van der Waals surface area contributed by atoms with Crippen LogP contribution >= 0.6 is 0 Å². The van der Waals surface area contributed by atoms with Gasteiger partial charge >= 0.3 is 5.97 Å². The van der Waals surface area contributed by atoms with Gasteiger partial charge in [0.15, 0.2) is 0 Å². The second-order valence-electron chi connectivity index (χ2n) is 1.18. The molecule has 0 rings (SSSR count). The van der Waals surface area contributed by atoms with Gasteiger partial charge in [0, 0.05) is 1.37 Å². The van der Waals surface area contributed by atoms with Gasteiger partial charge in [-0.25, -0.2) is 4.79 Å². The molecule has 4 nitrogen and oxygen atoms in total. The van der Waals surface area contributed by atoms with Crippen molar-refractivity contribution >= 4 is 12.3 Å². The summed E-state index contributed by atoms with van der Waals surface area (Å²) in [6.45, 7) is 1.09. The van der Waals surface area contributed by atoms with Crippen molar-refractivity contribution in [3.8, 4) is 0 Å². The first-order valence-corrected chi connectivity index (χ1v) is 2.20. The molecule has 0 aliphatic rings. The van der Waals surface area contributed by atoms with Gasteiger partial charge in [-0.15, -0.1) is 0 Å². The predicted octanol–water partition coefficient (Wildman–Crippen LogP) is -0.343. The van der Waals surface area contributed by atoms with Crippen molar-refractivity contribution in [1.29, 1.82) is 0 Å². The van der Waals surface area contributed by atoms with Crippen molar-refractivity contribution in [1.82, 2.24) is 0 Å². The van der Waals surface area contributed by atoms with Crippen LogP contribution in [0.4, 0.5) is 0 Å². The summed E-state index contributed by atoms with van der Waals surface area (Å²) >= 11 is 0. The molecule has 0 aliphatic carbocycles. The Morgan fingerprint density at radius 2 is 2.11 bits per heavy atom.